The Morgan fingerprint density at radius 2 is 2.17 bits per heavy atom. The lowest BCUT2D eigenvalue weighted by Gasteiger charge is -2.49. The first-order chi connectivity index (χ1) is 17.3. The highest BCUT2D eigenvalue weighted by molar-refractivity contribution is 8.07. The molecule has 0 unspecified atom stereocenters. The van der Waals surface area contributed by atoms with Gasteiger partial charge in [0.15, 0.2) is 5.71 Å². The number of nitrogens with zero attached hydrogens (tertiary/aromatic N) is 5. The normalized spacial score (nSPS) is 19.6. The second kappa shape index (κ2) is 11.5. The van der Waals surface area contributed by atoms with E-state index in [1.165, 1.54) is 41.7 Å². The van der Waals surface area contributed by atoms with E-state index >= 15 is 0 Å². The number of oxime groups is 1. The summed E-state index contributed by atoms with van der Waals surface area (Å²) in [5, 5.41) is 28.3. The minimum Gasteiger partial charge on any atom is -0.477 e. The lowest BCUT2D eigenvalue weighted by molar-refractivity contribution is -0.150. The van der Waals surface area contributed by atoms with Crippen LogP contribution in [0.3, 0.4) is 0 Å². The van der Waals surface area contributed by atoms with Gasteiger partial charge in [-0.15, -0.1) is 16.9 Å². The highest BCUT2D eigenvalue weighted by atomic mass is 32.2. The summed E-state index contributed by atoms with van der Waals surface area (Å²) in [6, 6.07) is 3.46. The molecule has 2 amide bonds. The van der Waals surface area contributed by atoms with Crippen LogP contribution in [-0.4, -0.2) is 82.7 Å². The van der Waals surface area contributed by atoms with E-state index in [1.54, 1.807) is 11.8 Å². The van der Waals surface area contributed by atoms with Crippen LogP contribution in [0, 0.1) is 0 Å². The first kappa shape index (κ1) is 26.2. The van der Waals surface area contributed by atoms with Gasteiger partial charge in [0.2, 0.25) is 0 Å². The molecule has 17 heteroatoms. The number of aliphatic carboxylic acids is 1. The summed E-state index contributed by atoms with van der Waals surface area (Å²) < 4.78 is 4.73. The number of nitrogens with two attached hydrogens (primary N) is 2. The summed E-state index contributed by atoms with van der Waals surface area (Å²) in [6.07, 6.45) is 0. The lowest BCUT2D eigenvalue weighted by atomic mass is 10.0. The molecule has 0 saturated carbocycles. The van der Waals surface area contributed by atoms with E-state index < -0.39 is 34.9 Å². The average molecular weight is 569 g/mol. The number of β-lactam (4-membered cyclic amide) rings is 1. The number of nitrogens with one attached hydrogen (secondary N) is 1. The summed E-state index contributed by atoms with van der Waals surface area (Å²) >= 11 is 5.30. The van der Waals surface area contributed by atoms with Crippen LogP contribution in [0.15, 0.2) is 38.2 Å². The van der Waals surface area contributed by atoms with Crippen molar-refractivity contribution in [3.8, 4) is 0 Å². The van der Waals surface area contributed by atoms with Crippen molar-refractivity contribution in [3.05, 3.63) is 40.2 Å². The molecular weight excluding hydrogens is 549 g/mol. The minimum absolute atomic E-state index is 0.0262. The number of carboxylic acids is 1. The third-order valence-corrected chi connectivity index (χ3v) is 9.50. The van der Waals surface area contributed by atoms with E-state index in [2.05, 4.69) is 25.0 Å². The molecule has 4 rings (SSSR count). The summed E-state index contributed by atoms with van der Waals surface area (Å²) in [5.74, 6) is -0.908. The van der Waals surface area contributed by atoms with Crippen molar-refractivity contribution in [1.82, 2.24) is 24.8 Å². The van der Waals surface area contributed by atoms with Crippen LogP contribution < -0.4 is 16.8 Å². The van der Waals surface area contributed by atoms with Crippen LogP contribution in [0.1, 0.15) is 11.4 Å². The van der Waals surface area contributed by atoms with Crippen LogP contribution >= 0.6 is 46.8 Å². The van der Waals surface area contributed by atoms with Crippen molar-refractivity contribution < 1.29 is 24.7 Å². The van der Waals surface area contributed by atoms with E-state index in [0.717, 1.165) is 32.1 Å². The standard InChI is InChI=1S/C19H20N8O5S4/c20-4-5-33-6-9-19(36-26-24-9)35-10-7-34-17-13(16(29)27(17)14(10)18(30)31)23-15(28)12(25-32)8-2-1-3-11(21)22-8/h1-3,13,17,32H,4-7,20H2,(H2,21,22)(H,23,28)(H,30,31)/b25-12+/t13-,17-/m1/s1. The Hall–Kier alpha value is -2.86. The maximum atomic E-state index is 13.0. The molecule has 0 aliphatic carbocycles. The summed E-state index contributed by atoms with van der Waals surface area (Å²) in [7, 11) is 0. The molecule has 0 aromatic carbocycles. The number of fused-ring (bicyclic) bond motifs is 1. The minimum atomic E-state index is -1.25. The summed E-state index contributed by atoms with van der Waals surface area (Å²) in [5.41, 5.74) is 11.4. The van der Waals surface area contributed by atoms with Gasteiger partial charge in [0.25, 0.3) is 11.8 Å². The maximum absolute atomic E-state index is 13.0. The number of carbonyl (C=O) groups excluding carboxylic acids is 2. The Kier molecular flexibility index (Phi) is 8.35. The summed E-state index contributed by atoms with van der Waals surface area (Å²) in [6.45, 7) is 0.535. The Bertz CT molecular complexity index is 1250. The smallest absolute Gasteiger partial charge is 0.353 e. The topological polar surface area (TPSA) is 210 Å². The van der Waals surface area contributed by atoms with E-state index in [0.29, 0.717) is 23.0 Å². The van der Waals surface area contributed by atoms with Crippen molar-refractivity contribution in [1.29, 1.82) is 0 Å². The molecular formula is C19H20N8O5S4. The lowest BCUT2D eigenvalue weighted by Crippen LogP contribution is -2.71. The molecule has 0 spiro atoms. The predicted molar refractivity (Wildman–Crippen MR) is 138 cm³/mol. The van der Waals surface area contributed by atoms with E-state index in [1.807, 2.05) is 0 Å². The molecule has 0 radical (unpaired) electrons. The van der Waals surface area contributed by atoms with E-state index in [9.17, 15) is 24.7 Å². The summed E-state index contributed by atoms with van der Waals surface area (Å²) in [4.78, 5) is 43.4. The Labute approximate surface area is 221 Å². The van der Waals surface area contributed by atoms with Crippen LogP contribution in [0.4, 0.5) is 5.82 Å². The Balaban J connectivity index is 1.50. The van der Waals surface area contributed by atoms with E-state index in [4.69, 9.17) is 11.5 Å². The van der Waals surface area contributed by atoms with Gasteiger partial charge in [0, 0.05) is 28.7 Å². The van der Waals surface area contributed by atoms with Crippen molar-refractivity contribution in [2.45, 2.75) is 21.4 Å². The number of hydrogen-bond acceptors (Lipinski definition) is 14. The average Bonchev–Trinajstić information content (AvgIpc) is 3.29. The Morgan fingerprint density at radius 3 is 2.86 bits per heavy atom. The zero-order valence-electron chi connectivity index (χ0n) is 18.4. The van der Waals surface area contributed by atoms with Gasteiger partial charge in [-0.05, 0) is 23.7 Å². The van der Waals surface area contributed by atoms with Gasteiger partial charge < -0.3 is 27.1 Å². The fourth-order valence-electron chi connectivity index (χ4n) is 3.40. The first-order valence-electron chi connectivity index (χ1n) is 10.3. The molecule has 2 aliphatic rings. The predicted octanol–water partition coefficient (Wildman–Crippen LogP) is 0.374. The van der Waals surface area contributed by atoms with Gasteiger partial charge >= 0.3 is 5.97 Å². The fraction of sp³-hybridized carbons (Fsp3) is 0.316. The largest absolute Gasteiger partial charge is 0.477 e. The van der Waals surface area contributed by atoms with Crippen molar-refractivity contribution in [2.75, 3.05) is 23.8 Å². The number of pyridine rings is 1. The number of nitrogen functional groups attached to an aromatic ring is 1. The van der Waals surface area contributed by atoms with Gasteiger partial charge in [0.1, 0.15) is 32.8 Å². The van der Waals surface area contributed by atoms with Gasteiger partial charge in [-0.1, -0.05) is 27.5 Å². The van der Waals surface area contributed by atoms with Gasteiger partial charge in [-0.25, -0.2) is 9.78 Å². The van der Waals surface area contributed by atoms with Crippen LogP contribution in [0.2, 0.25) is 0 Å². The molecule has 190 valence electrons. The van der Waals surface area contributed by atoms with Gasteiger partial charge in [-0.3, -0.25) is 14.5 Å². The van der Waals surface area contributed by atoms with Crippen LogP contribution in [0.25, 0.3) is 0 Å². The number of carbonyl (C=O) groups is 3. The molecule has 0 bridgehead atoms. The Morgan fingerprint density at radius 1 is 1.36 bits per heavy atom. The second-order valence-electron chi connectivity index (χ2n) is 7.28. The van der Waals surface area contributed by atoms with Gasteiger partial charge in [-0.2, -0.15) is 11.8 Å². The molecule has 36 heavy (non-hydrogen) atoms. The fourth-order valence-corrected chi connectivity index (χ4v) is 7.65. The highest BCUT2D eigenvalue weighted by Gasteiger charge is 2.54. The monoisotopic (exact) mass is 568 g/mol. The third kappa shape index (κ3) is 5.29. The number of carboxylic acid groups (broad SMARTS) is 1. The van der Waals surface area contributed by atoms with Crippen molar-refractivity contribution in [3.63, 3.8) is 0 Å². The molecule has 2 aromatic heterocycles. The molecule has 2 aliphatic heterocycles. The molecule has 1 saturated heterocycles. The number of thioether (sulfide) groups is 3. The van der Waals surface area contributed by atoms with Crippen LogP contribution in [0.5, 0.6) is 0 Å². The molecule has 2 atom stereocenters. The van der Waals surface area contributed by atoms with Crippen LogP contribution in [-0.2, 0) is 20.1 Å². The number of aromatic nitrogens is 3. The molecule has 7 N–H and O–H groups in total. The van der Waals surface area contributed by atoms with Crippen molar-refractivity contribution in [2.24, 2.45) is 10.9 Å². The molecule has 2 aromatic rings. The first-order valence-corrected chi connectivity index (χ1v) is 14.1. The zero-order valence-corrected chi connectivity index (χ0v) is 21.6. The maximum Gasteiger partial charge on any atom is 0.353 e. The zero-order chi connectivity index (χ0) is 25.8. The van der Waals surface area contributed by atoms with Crippen molar-refractivity contribution >= 4 is 76.1 Å². The van der Waals surface area contributed by atoms with E-state index in [-0.39, 0.29) is 17.2 Å². The number of amides is 2. The number of anilines is 1. The molecule has 13 nitrogen and oxygen atoms in total. The van der Waals surface area contributed by atoms with Gasteiger partial charge in [0.05, 0.1) is 5.69 Å². The molecule has 1 fully saturated rings. The number of rotatable bonds is 10. The third-order valence-electron chi connectivity index (χ3n) is 4.99. The molecule has 4 heterocycles. The quantitative estimate of drug-likeness (QED) is 0.0863. The second-order valence-corrected chi connectivity index (χ2v) is 11.6. The highest BCUT2D eigenvalue weighted by Crippen LogP contribution is 2.46. The number of hydrogen-bond donors (Lipinski definition) is 5. The SMILES string of the molecule is NCCSCc1nnsc1SC1=C(C(=O)O)N2C(=O)[C@@H](NC(=O)/C(=N/O)c3cccc(N)n3)[C@H]2SC1.